The molecule has 152 valence electrons. The van der Waals surface area contributed by atoms with Gasteiger partial charge >= 0.3 is 0 Å². The summed E-state index contributed by atoms with van der Waals surface area (Å²) in [4.78, 5) is 8.82. The number of hydrogen-bond acceptors (Lipinski definition) is 2. The van der Waals surface area contributed by atoms with Gasteiger partial charge in [-0.15, -0.1) is 24.0 Å². The van der Waals surface area contributed by atoms with E-state index < -0.39 is 0 Å². The fourth-order valence-electron chi connectivity index (χ4n) is 3.33. The monoisotopic (exact) mass is 493 g/mol. The zero-order chi connectivity index (χ0) is 18.7. The number of allylic oxidation sites excluding steroid dienone is 1. The summed E-state index contributed by atoms with van der Waals surface area (Å²) in [5.41, 5.74) is 4.08. The second kappa shape index (κ2) is 12.6. The molecule has 6 heteroatoms. The van der Waals surface area contributed by atoms with Crippen molar-refractivity contribution in [1.82, 2.24) is 20.2 Å². The third-order valence-electron chi connectivity index (χ3n) is 4.83. The molecular weight excluding hydrogens is 461 g/mol. The maximum absolute atomic E-state index is 4.73. The van der Waals surface area contributed by atoms with Crippen LogP contribution in [0.3, 0.4) is 0 Å². The van der Waals surface area contributed by atoms with Gasteiger partial charge in [0.15, 0.2) is 5.96 Å². The van der Waals surface area contributed by atoms with Crippen molar-refractivity contribution in [3.05, 3.63) is 65.8 Å². The normalized spacial score (nSPS) is 14.2. The maximum atomic E-state index is 4.73. The van der Waals surface area contributed by atoms with Gasteiger partial charge in [0.05, 0.1) is 12.9 Å². The van der Waals surface area contributed by atoms with Crippen LogP contribution in [-0.4, -0.2) is 28.6 Å². The number of halogens is 1. The number of imidazole rings is 1. The van der Waals surface area contributed by atoms with Gasteiger partial charge in [0, 0.05) is 32.0 Å². The van der Waals surface area contributed by atoms with Gasteiger partial charge in [-0.1, -0.05) is 35.9 Å². The quantitative estimate of drug-likeness (QED) is 0.247. The minimum Gasteiger partial charge on any atom is -0.357 e. The first kappa shape index (κ1) is 22.5. The predicted molar refractivity (Wildman–Crippen MR) is 127 cm³/mol. The Labute approximate surface area is 185 Å². The molecule has 2 N–H and O–H groups in total. The minimum atomic E-state index is 0. The topological polar surface area (TPSA) is 54.2 Å². The Morgan fingerprint density at radius 1 is 1.14 bits per heavy atom. The first-order valence-corrected chi connectivity index (χ1v) is 10.1. The predicted octanol–water partition coefficient (Wildman–Crippen LogP) is 4.50. The molecule has 0 bridgehead atoms. The molecule has 1 aromatic heterocycles. The standard InChI is InChI=1S/C22H31N5.HI/c1-2-24-22(25-13-12-19-6-4-3-5-7-19)26-16-20-8-10-21(11-9-20)17-27-15-14-23-18-27;/h6,8-11,14-15,18H,2-5,7,12-13,16-17H2,1H3,(H2,24,25,26);1H. The van der Waals surface area contributed by atoms with Crippen LogP contribution in [0.2, 0.25) is 0 Å². The summed E-state index contributed by atoms with van der Waals surface area (Å²) < 4.78 is 2.07. The van der Waals surface area contributed by atoms with Gasteiger partial charge in [-0.25, -0.2) is 9.98 Å². The van der Waals surface area contributed by atoms with Crippen molar-refractivity contribution in [2.24, 2.45) is 4.99 Å². The molecular formula is C22H32IN5. The number of aliphatic imine (C=N–C) groups is 1. The number of hydrogen-bond donors (Lipinski definition) is 2. The lowest BCUT2D eigenvalue weighted by atomic mass is 9.97. The van der Waals surface area contributed by atoms with Gasteiger partial charge in [0.1, 0.15) is 0 Å². The lowest BCUT2D eigenvalue weighted by Gasteiger charge is -2.15. The molecule has 0 saturated heterocycles. The minimum absolute atomic E-state index is 0. The van der Waals surface area contributed by atoms with E-state index in [1.54, 1.807) is 5.57 Å². The average molecular weight is 493 g/mol. The summed E-state index contributed by atoms with van der Waals surface area (Å²) in [6, 6.07) is 8.65. The van der Waals surface area contributed by atoms with Gasteiger partial charge in [0.25, 0.3) is 0 Å². The van der Waals surface area contributed by atoms with E-state index in [1.807, 2.05) is 18.7 Å². The Bertz CT molecular complexity index is 735. The van der Waals surface area contributed by atoms with Crippen molar-refractivity contribution in [2.75, 3.05) is 13.1 Å². The molecule has 28 heavy (non-hydrogen) atoms. The average Bonchev–Trinajstić information content (AvgIpc) is 3.21. The van der Waals surface area contributed by atoms with Gasteiger partial charge in [0.2, 0.25) is 0 Å². The molecule has 1 aliphatic rings. The van der Waals surface area contributed by atoms with E-state index in [0.717, 1.165) is 32.0 Å². The summed E-state index contributed by atoms with van der Waals surface area (Å²) in [6.07, 6.45) is 14.4. The van der Waals surface area contributed by atoms with Crippen molar-refractivity contribution >= 4 is 29.9 Å². The van der Waals surface area contributed by atoms with Crippen LogP contribution in [0.1, 0.15) is 50.2 Å². The van der Waals surface area contributed by atoms with Crippen LogP contribution in [0.25, 0.3) is 0 Å². The Kier molecular flexibility index (Phi) is 10.1. The van der Waals surface area contributed by atoms with E-state index >= 15 is 0 Å². The zero-order valence-electron chi connectivity index (χ0n) is 16.7. The molecule has 1 aliphatic carbocycles. The highest BCUT2D eigenvalue weighted by Gasteiger charge is 2.04. The lowest BCUT2D eigenvalue weighted by Crippen LogP contribution is -2.37. The molecule has 5 nitrogen and oxygen atoms in total. The fraction of sp³-hybridized carbons (Fsp3) is 0.455. The van der Waals surface area contributed by atoms with Crippen molar-refractivity contribution in [2.45, 2.75) is 52.1 Å². The smallest absolute Gasteiger partial charge is 0.191 e. The first-order chi connectivity index (χ1) is 13.3. The van der Waals surface area contributed by atoms with E-state index in [4.69, 9.17) is 4.99 Å². The molecule has 0 atom stereocenters. The van der Waals surface area contributed by atoms with E-state index in [9.17, 15) is 0 Å². The van der Waals surface area contributed by atoms with E-state index in [1.165, 1.54) is 36.8 Å². The molecule has 1 aromatic carbocycles. The number of nitrogens with zero attached hydrogens (tertiary/aromatic N) is 3. The highest BCUT2D eigenvalue weighted by Crippen LogP contribution is 2.19. The molecule has 0 spiro atoms. The van der Waals surface area contributed by atoms with Gasteiger partial charge in [-0.3, -0.25) is 0 Å². The largest absolute Gasteiger partial charge is 0.357 e. The van der Waals surface area contributed by atoms with E-state index in [-0.39, 0.29) is 24.0 Å². The molecule has 1 heterocycles. The molecule has 3 rings (SSSR count). The van der Waals surface area contributed by atoms with Crippen LogP contribution in [-0.2, 0) is 13.1 Å². The Morgan fingerprint density at radius 2 is 1.96 bits per heavy atom. The summed E-state index contributed by atoms with van der Waals surface area (Å²) in [6.45, 7) is 5.46. The SMILES string of the molecule is CCNC(=NCc1ccc(Cn2ccnc2)cc1)NCCC1=CCCCC1.I. The van der Waals surface area contributed by atoms with Crippen LogP contribution < -0.4 is 10.6 Å². The van der Waals surface area contributed by atoms with Crippen LogP contribution >= 0.6 is 24.0 Å². The maximum Gasteiger partial charge on any atom is 0.191 e. The van der Waals surface area contributed by atoms with Crippen LogP contribution in [0.5, 0.6) is 0 Å². The van der Waals surface area contributed by atoms with Crippen LogP contribution in [0, 0.1) is 0 Å². The van der Waals surface area contributed by atoms with Crippen molar-refractivity contribution in [3.63, 3.8) is 0 Å². The third-order valence-corrected chi connectivity index (χ3v) is 4.83. The third kappa shape index (κ3) is 7.66. The molecule has 2 aromatic rings. The molecule has 0 aliphatic heterocycles. The van der Waals surface area contributed by atoms with Gasteiger partial charge in [-0.2, -0.15) is 0 Å². The summed E-state index contributed by atoms with van der Waals surface area (Å²) >= 11 is 0. The highest BCUT2D eigenvalue weighted by molar-refractivity contribution is 14.0. The number of guanidine groups is 1. The van der Waals surface area contributed by atoms with E-state index in [0.29, 0.717) is 6.54 Å². The number of benzene rings is 1. The van der Waals surface area contributed by atoms with E-state index in [2.05, 4.69) is 57.4 Å². The Morgan fingerprint density at radius 3 is 2.64 bits per heavy atom. The van der Waals surface area contributed by atoms with Crippen LogP contribution in [0.15, 0.2) is 59.6 Å². The lowest BCUT2D eigenvalue weighted by molar-refractivity contribution is 0.665. The summed E-state index contributed by atoms with van der Waals surface area (Å²) in [5, 5.41) is 6.81. The summed E-state index contributed by atoms with van der Waals surface area (Å²) in [5.74, 6) is 0.899. The summed E-state index contributed by atoms with van der Waals surface area (Å²) in [7, 11) is 0. The fourth-order valence-corrected chi connectivity index (χ4v) is 3.33. The second-order valence-corrected chi connectivity index (χ2v) is 7.03. The molecule has 0 unspecified atom stereocenters. The van der Waals surface area contributed by atoms with Crippen LogP contribution in [0.4, 0.5) is 0 Å². The van der Waals surface area contributed by atoms with Crippen molar-refractivity contribution in [1.29, 1.82) is 0 Å². The molecule has 0 radical (unpaired) electrons. The van der Waals surface area contributed by atoms with Crippen molar-refractivity contribution in [3.8, 4) is 0 Å². The Hall–Kier alpha value is -1.83. The second-order valence-electron chi connectivity index (χ2n) is 7.03. The number of nitrogens with one attached hydrogen (secondary N) is 2. The van der Waals surface area contributed by atoms with Crippen molar-refractivity contribution < 1.29 is 0 Å². The van der Waals surface area contributed by atoms with Gasteiger partial charge < -0.3 is 15.2 Å². The zero-order valence-corrected chi connectivity index (χ0v) is 19.1. The Balaban J connectivity index is 0.00000280. The molecule has 0 fully saturated rings. The molecule has 0 saturated carbocycles. The first-order valence-electron chi connectivity index (χ1n) is 10.1. The number of rotatable bonds is 8. The van der Waals surface area contributed by atoms with Gasteiger partial charge in [-0.05, 0) is 50.2 Å². The highest BCUT2D eigenvalue weighted by atomic mass is 127. The molecule has 0 amide bonds. The number of aromatic nitrogens is 2.